The van der Waals surface area contributed by atoms with Gasteiger partial charge in [-0.05, 0) is 31.5 Å². The summed E-state index contributed by atoms with van der Waals surface area (Å²) in [7, 11) is 0. The van der Waals surface area contributed by atoms with Crippen LogP contribution in [-0.4, -0.2) is 20.7 Å². The number of aryl methyl sites for hydroxylation is 2. The quantitative estimate of drug-likeness (QED) is 0.697. The van der Waals surface area contributed by atoms with Crippen LogP contribution in [0.2, 0.25) is 5.02 Å². The Morgan fingerprint density at radius 1 is 1.23 bits per heavy atom. The van der Waals surface area contributed by atoms with Crippen LogP contribution in [0.15, 0.2) is 46.6 Å². The number of rotatable bonds is 6. The molecule has 0 spiro atoms. The predicted molar refractivity (Wildman–Crippen MR) is 104 cm³/mol. The number of carbonyl (C=O) groups excluding carboxylic acids is 1. The average molecular weight is 389 g/mol. The van der Waals surface area contributed by atoms with Crippen LogP contribution in [0, 0.1) is 6.92 Å². The first-order valence-corrected chi connectivity index (χ1v) is 9.33. The molecule has 134 valence electrons. The predicted octanol–water partition coefficient (Wildman–Crippen LogP) is 3.75. The highest BCUT2D eigenvalue weighted by molar-refractivity contribution is 7.13. The third kappa shape index (κ3) is 4.77. The third-order valence-corrected chi connectivity index (χ3v) is 4.77. The zero-order valence-electron chi connectivity index (χ0n) is 14.1. The van der Waals surface area contributed by atoms with Crippen molar-refractivity contribution in [1.82, 2.24) is 14.8 Å². The molecule has 0 saturated carbocycles. The second-order valence-electron chi connectivity index (χ2n) is 5.73. The maximum atomic E-state index is 12.0. The summed E-state index contributed by atoms with van der Waals surface area (Å²) >= 11 is 7.29. The molecule has 2 aromatic heterocycles. The standard InChI is InChI=1S/C18H17ClN4O2S/c1-12-11-26-18(20-12)21-16(24)3-2-10-23-17(25)9-8-15(22-23)13-4-6-14(19)7-5-13/h4-9,11H,2-3,10H2,1H3,(H,20,21,24). The lowest BCUT2D eigenvalue weighted by Crippen LogP contribution is -2.23. The van der Waals surface area contributed by atoms with Gasteiger partial charge >= 0.3 is 0 Å². The van der Waals surface area contributed by atoms with Gasteiger partial charge in [-0.1, -0.05) is 23.7 Å². The van der Waals surface area contributed by atoms with E-state index < -0.39 is 0 Å². The minimum atomic E-state index is -0.196. The molecule has 3 aromatic rings. The van der Waals surface area contributed by atoms with Gasteiger partial charge in [0.25, 0.3) is 5.56 Å². The Balaban J connectivity index is 1.60. The Kier molecular flexibility index (Phi) is 5.80. The molecule has 3 rings (SSSR count). The van der Waals surface area contributed by atoms with Crippen LogP contribution >= 0.6 is 22.9 Å². The molecule has 0 unspecified atom stereocenters. The highest BCUT2D eigenvalue weighted by Crippen LogP contribution is 2.18. The second-order valence-corrected chi connectivity index (χ2v) is 7.03. The number of aromatic nitrogens is 3. The largest absolute Gasteiger partial charge is 0.302 e. The van der Waals surface area contributed by atoms with Crippen molar-refractivity contribution in [1.29, 1.82) is 0 Å². The van der Waals surface area contributed by atoms with Crippen LogP contribution in [-0.2, 0) is 11.3 Å². The zero-order chi connectivity index (χ0) is 18.5. The van der Waals surface area contributed by atoms with Gasteiger partial charge in [0.1, 0.15) is 0 Å². The number of nitrogens with one attached hydrogen (secondary N) is 1. The molecule has 26 heavy (non-hydrogen) atoms. The summed E-state index contributed by atoms with van der Waals surface area (Å²) in [6, 6.07) is 10.4. The van der Waals surface area contributed by atoms with Crippen molar-refractivity contribution in [3.05, 3.63) is 62.8 Å². The summed E-state index contributed by atoms with van der Waals surface area (Å²) in [5.41, 5.74) is 2.24. The molecule has 2 heterocycles. The van der Waals surface area contributed by atoms with E-state index in [4.69, 9.17) is 11.6 Å². The second kappa shape index (κ2) is 8.25. The lowest BCUT2D eigenvalue weighted by Gasteiger charge is -2.07. The van der Waals surface area contributed by atoms with Crippen LogP contribution < -0.4 is 10.9 Å². The van der Waals surface area contributed by atoms with Crippen molar-refractivity contribution in [3.8, 4) is 11.3 Å². The summed E-state index contributed by atoms with van der Waals surface area (Å²) < 4.78 is 1.38. The Labute approximate surface area is 159 Å². The van der Waals surface area contributed by atoms with Crippen LogP contribution in [0.3, 0.4) is 0 Å². The Morgan fingerprint density at radius 2 is 2.00 bits per heavy atom. The maximum absolute atomic E-state index is 12.0. The van der Waals surface area contributed by atoms with Crippen molar-refractivity contribution in [2.75, 3.05) is 5.32 Å². The van der Waals surface area contributed by atoms with Gasteiger partial charge in [-0.25, -0.2) is 9.67 Å². The van der Waals surface area contributed by atoms with E-state index in [9.17, 15) is 9.59 Å². The molecule has 0 aliphatic heterocycles. The molecular formula is C18H17ClN4O2S. The topological polar surface area (TPSA) is 76.9 Å². The van der Waals surface area contributed by atoms with Crippen molar-refractivity contribution in [3.63, 3.8) is 0 Å². The number of halogens is 1. The molecule has 0 aliphatic carbocycles. The van der Waals surface area contributed by atoms with Crippen molar-refractivity contribution in [2.45, 2.75) is 26.3 Å². The van der Waals surface area contributed by atoms with E-state index in [1.165, 1.54) is 22.1 Å². The molecule has 1 aromatic carbocycles. The van der Waals surface area contributed by atoms with E-state index in [1.807, 2.05) is 24.4 Å². The SMILES string of the molecule is Cc1csc(NC(=O)CCCn2nc(-c3ccc(Cl)cc3)ccc2=O)n1. The fourth-order valence-electron chi connectivity index (χ4n) is 2.37. The first-order chi connectivity index (χ1) is 12.5. The monoisotopic (exact) mass is 388 g/mol. The molecule has 0 fully saturated rings. The van der Waals surface area contributed by atoms with Gasteiger partial charge in [-0.2, -0.15) is 5.10 Å². The van der Waals surface area contributed by atoms with Crippen LogP contribution in [0.1, 0.15) is 18.5 Å². The molecule has 0 aliphatic rings. The molecule has 8 heteroatoms. The number of amides is 1. The van der Waals surface area contributed by atoms with Crippen LogP contribution in [0.4, 0.5) is 5.13 Å². The first-order valence-electron chi connectivity index (χ1n) is 8.07. The number of hydrogen-bond donors (Lipinski definition) is 1. The number of nitrogens with zero attached hydrogens (tertiary/aromatic N) is 3. The van der Waals surface area contributed by atoms with Gasteiger partial charge in [0.15, 0.2) is 5.13 Å². The molecule has 1 amide bonds. The lowest BCUT2D eigenvalue weighted by molar-refractivity contribution is -0.116. The molecular weight excluding hydrogens is 372 g/mol. The van der Waals surface area contributed by atoms with Gasteiger partial charge in [0, 0.05) is 35.0 Å². The van der Waals surface area contributed by atoms with Gasteiger partial charge in [-0.15, -0.1) is 11.3 Å². The lowest BCUT2D eigenvalue weighted by atomic mass is 10.1. The normalized spacial score (nSPS) is 10.7. The van der Waals surface area contributed by atoms with Crippen molar-refractivity contribution >= 4 is 34.0 Å². The van der Waals surface area contributed by atoms with E-state index in [1.54, 1.807) is 18.2 Å². The smallest absolute Gasteiger partial charge is 0.266 e. The minimum Gasteiger partial charge on any atom is -0.302 e. The molecule has 0 radical (unpaired) electrons. The Bertz CT molecular complexity index is 966. The van der Waals surface area contributed by atoms with Gasteiger partial charge in [0.05, 0.1) is 11.4 Å². The van der Waals surface area contributed by atoms with Gasteiger partial charge in [-0.3, -0.25) is 9.59 Å². The summed E-state index contributed by atoms with van der Waals surface area (Å²) in [5, 5.41) is 10.2. The van der Waals surface area contributed by atoms with Gasteiger partial charge < -0.3 is 5.32 Å². The Morgan fingerprint density at radius 3 is 2.69 bits per heavy atom. The van der Waals surface area contributed by atoms with E-state index >= 15 is 0 Å². The minimum absolute atomic E-state index is 0.124. The fraction of sp³-hybridized carbons (Fsp3) is 0.222. The van der Waals surface area contributed by atoms with Crippen LogP contribution in [0.5, 0.6) is 0 Å². The van der Waals surface area contributed by atoms with Crippen molar-refractivity contribution in [2.24, 2.45) is 0 Å². The van der Waals surface area contributed by atoms with E-state index in [0.717, 1.165) is 11.3 Å². The van der Waals surface area contributed by atoms with Crippen LogP contribution in [0.25, 0.3) is 11.3 Å². The first kappa shape index (κ1) is 18.3. The number of thiazole rings is 1. The molecule has 0 saturated heterocycles. The van der Waals surface area contributed by atoms with E-state index in [-0.39, 0.29) is 17.9 Å². The number of carbonyl (C=O) groups is 1. The number of anilines is 1. The number of hydrogen-bond acceptors (Lipinski definition) is 5. The summed E-state index contributed by atoms with van der Waals surface area (Å²) in [6.07, 6.45) is 0.797. The summed E-state index contributed by atoms with van der Waals surface area (Å²) in [4.78, 5) is 28.1. The number of benzene rings is 1. The maximum Gasteiger partial charge on any atom is 0.266 e. The molecule has 0 atom stereocenters. The molecule has 0 bridgehead atoms. The fourth-order valence-corrected chi connectivity index (χ4v) is 3.20. The van der Waals surface area contributed by atoms with E-state index in [2.05, 4.69) is 15.4 Å². The van der Waals surface area contributed by atoms with E-state index in [0.29, 0.717) is 28.8 Å². The van der Waals surface area contributed by atoms with Gasteiger partial charge in [0.2, 0.25) is 5.91 Å². The third-order valence-electron chi connectivity index (χ3n) is 3.65. The Hall–Kier alpha value is -2.51. The highest BCUT2D eigenvalue weighted by atomic mass is 35.5. The average Bonchev–Trinajstić information content (AvgIpc) is 3.02. The zero-order valence-corrected chi connectivity index (χ0v) is 15.7. The van der Waals surface area contributed by atoms with Crippen molar-refractivity contribution < 1.29 is 4.79 Å². The molecule has 1 N–H and O–H groups in total. The molecule has 6 nitrogen and oxygen atoms in total. The summed E-state index contributed by atoms with van der Waals surface area (Å²) in [5.74, 6) is -0.124. The summed E-state index contributed by atoms with van der Waals surface area (Å²) in [6.45, 7) is 2.24. The highest BCUT2D eigenvalue weighted by Gasteiger charge is 2.07.